The van der Waals surface area contributed by atoms with Gasteiger partial charge in [-0.15, -0.1) is 0 Å². The minimum absolute atomic E-state index is 0.0132. The molecule has 7 N–H and O–H groups in total. The molecule has 0 saturated carbocycles. The summed E-state index contributed by atoms with van der Waals surface area (Å²) in [4.78, 5) is 97.9. The topological polar surface area (TPSA) is 255 Å². The van der Waals surface area contributed by atoms with Crippen molar-refractivity contribution in [1.82, 2.24) is 30.7 Å². The quantitative estimate of drug-likeness (QED) is 0.0318. The zero-order valence-corrected chi connectivity index (χ0v) is 32.4. The predicted molar refractivity (Wildman–Crippen MR) is 207 cm³/mol. The third-order valence-electron chi connectivity index (χ3n) is 9.61. The van der Waals surface area contributed by atoms with Crippen LogP contribution < -0.4 is 21.3 Å². The summed E-state index contributed by atoms with van der Waals surface area (Å²) >= 11 is 1.87. The number of nitrogens with one attached hydrogen (secondary N) is 4. The van der Waals surface area contributed by atoms with E-state index in [2.05, 4.69) is 21.3 Å². The predicted octanol–water partition coefficient (Wildman–Crippen LogP) is 0.496. The highest BCUT2D eigenvalue weighted by atomic mass is 32.2. The van der Waals surface area contributed by atoms with Gasteiger partial charge in [0, 0.05) is 61.8 Å². The fourth-order valence-corrected chi connectivity index (χ4v) is 8.40. The molecule has 0 radical (unpaired) electrons. The Kier molecular flexibility index (Phi) is 20.3. The number of amides is 4. The number of carbonyl (C=O) groups is 8. The highest BCUT2D eigenvalue weighted by Crippen LogP contribution is 2.33. The lowest BCUT2D eigenvalue weighted by atomic mass is 10.0. The van der Waals surface area contributed by atoms with Crippen LogP contribution in [0.3, 0.4) is 0 Å². The molecular formula is C37H55N7O11S. The Labute approximate surface area is 330 Å². The van der Waals surface area contributed by atoms with Crippen LogP contribution in [0.5, 0.6) is 0 Å². The van der Waals surface area contributed by atoms with Gasteiger partial charge < -0.3 is 46.2 Å². The van der Waals surface area contributed by atoms with Crippen molar-refractivity contribution in [2.24, 2.45) is 0 Å². The van der Waals surface area contributed by atoms with Crippen LogP contribution in [0.25, 0.3) is 0 Å². The largest absolute Gasteiger partial charge is 0.480 e. The molecule has 4 atom stereocenters. The number of fused-ring (bicyclic) bond motifs is 1. The maximum absolute atomic E-state index is 12.6. The number of carbonyl (C=O) groups excluding carboxylic acids is 5. The van der Waals surface area contributed by atoms with E-state index in [-0.39, 0.29) is 69.1 Å². The van der Waals surface area contributed by atoms with Crippen LogP contribution in [0, 0.1) is 0 Å². The normalized spacial score (nSPS) is 17.9. The first-order chi connectivity index (χ1) is 26.9. The molecule has 2 heterocycles. The zero-order chi connectivity index (χ0) is 40.9. The van der Waals surface area contributed by atoms with Crippen molar-refractivity contribution in [2.75, 3.05) is 70.0 Å². The van der Waals surface area contributed by atoms with Gasteiger partial charge in [0.15, 0.2) is 0 Å². The number of urea groups is 1. The minimum Gasteiger partial charge on any atom is -0.480 e. The molecule has 0 aromatic heterocycles. The van der Waals surface area contributed by atoms with E-state index in [9.17, 15) is 43.5 Å². The molecule has 4 unspecified atom stereocenters. The van der Waals surface area contributed by atoms with E-state index in [0.717, 1.165) is 43.4 Å². The maximum Gasteiger partial charge on any atom is 0.317 e. The van der Waals surface area contributed by atoms with E-state index >= 15 is 0 Å². The molecule has 0 aliphatic carbocycles. The molecule has 310 valence electrons. The number of anilines is 1. The Morgan fingerprint density at radius 3 is 2.11 bits per heavy atom. The lowest BCUT2D eigenvalue weighted by molar-refractivity contribution is -0.142. The maximum atomic E-state index is 12.6. The Morgan fingerprint density at radius 1 is 0.804 bits per heavy atom. The van der Waals surface area contributed by atoms with Crippen LogP contribution in [0.2, 0.25) is 0 Å². The average molecular weight is 806 g/mol. The Bertz CT molecular complexity index is 1470. The molecule has 18 nitrogen and oxygen atoms in total. The number of nitrogens with zero attached hydrogens (tertiary/aromatic N) is 3. The lowest BCUT2D eigenvalue weighted by Gasteiger charge is -2.34. The number of carboxylic acid groups (broad SMARTS) is 3. The monoisotopic (exact) mass is 805 g/mol. The lowest BCUT2D eigenvalue weighted by Crippen LogP contribution is -2.50. The number of benzene rings is 1. The number of hydrogen-bond acceptors (Lipinski definition) is 12. The van der Waals surface area contributed by atoms with Crippen LogP contribution in [-0.4, -0.2) is 166 Å². The molecule has 2 aliphatic rings. The number of aldehydes is 2. The molecule has 2 aliphatic heterocycles. The second-order valence-electron chi connectivity index (χ2n) is 14.0. The summed E-state index contributed by atoms with van der Waals surface area (Å²) in [5.41, 5.74) is 1.33. The van der Waals surface area contributed by atoms with Crippen LogP contribution in [-0.2, 0) is 40.0 Å². The van der Waals surface area contributed by atoms with Crippen molar-refractivity contribution < 1.29 is 53.7 Å². The van der Waals surface area contributed by atoms with E-state index in [1.807, 2.05) is 11.8 Å². The van der Waals surface area contributed by atoms with Crippen molar-refractivity contribution in [2.45, 2.75) is 81.2 Å². The number of aliphatic carboxylic acids is 3. The van der Waals surface area contributed by atoms with Crippen molar-refractivity contribution >= 4 is 65.8 Å². The summed E-state index contributed by atoms with van der Waals surface area (Å²) in [6.45, 7) is -0.983. The van der Waals surface area contributed by atoms with Crippen LogP contribution >= 0.6 is 11.8 Å². The van der Waals surface area contributed by atoms with E-state index in [1.54, 1.807) is 29.2 Å². The molecule has 3 rings (SSSR count). The average Bonchev–Trinajstić information content (AvgIpc) is 3.69. The molecule has 19 heteroatoms. The molecule has 1 aromatic carbocycles. The molecule has 2 saturated heterocycles. The molecule has 2 fully saturated rings. The summed E-state index contributed by atoms with van der Waals surface area (Å²) in [5, 5.41) is 40.0. The summed E-state index contributed by atoms with van der Waals surface area (Å²) in [7, 11) is 0. The van der Waals surface area contributed by atoms with Gasteiger partial charge in [-0.05, 0) is 49.8 Å². The molecule has 56 heavy (non-hydrogen) atoms. The van der Waals surface area contributed by atoms with Gasteiger partial charge in [0.1, 0.15) is 12.6 Å². The first-order valence-corrected chi connectivity index (χ1v) is 20.0. The van der Waals surface area contributed by atoms with Gasteiger partial charge in [0.25, 0.3) is 0 Å². The Morgan fingerprint density at radius 2 is 1.45 bits per heavy atom. The van der Waals surface area contributed by atoms with Gasteiger partial charge in [-0.1, -0.05) is 25.0 Å². The summed E-state index contributed by atoms with van der Waals surface area (Å²) < 4.78 is 0. The van der Waals surface area contributed by atoms with Gasteiger partial charge >= 0.3 is 23.9 Å². The first kappa shape index (κ1) is 45.8. The summed E-state index contributed by atoms with van der Waals surface area (Å²) in [6, 6.07) is 6.68. The Hall–Kier alpha value is -4.59. The zero-order valence-electron chi connectivity index (χ0n) is 31.6. The standard InChI is InChI=1S/C37H55N7O11S/c45-18-16-42(14-15-43(22-33(49)50)23-34(51)52)21-28(44(17-19-46)24-35(53)54)20-26-9-11-27(12-10-26)39-32(48)8-2-1-5-13-38-31(47)7-4-3-6-30-36-29(25-56-30)40-37(55)41-36/h9-12,18-19,28-30,36H,1-8,13-17,20-25H2,(H,38,47)(H,39,48)(H,49,50)(H,51,52)(H,53,54)(H2,40,41,55). The molecule has 0 bridgehead atoms. The van der Waals surface area contributed by atoms with Gasteiger partial charge in [-0.2, -0.15) is 11.8 Å². The molecule has 4 amide bonds. The van der Waals surface area contributed by atoms with Crippen molar-refractivity contribution in [3.63, 3.8) is 0 Å². The third kappa shape index (κ3) is 17.5. The Balaban J connectivity index is 1.40. The highest BCUT2D eigenvalue weighted by Gasteiger charge is 2.42. The van der Waals surface area contributed by atoms with E-state index in [4.69, 9.17) is 10.2 Å². The minimum atomic E-state index is -1.21. The third-order valence-corrected chi connectivity index (χ3v) is 11.1. The summed E-state index contributed by atoms with van der Waals surface area (Å²) in [5.74, 6) is -2.81. The van der Waals surface area contributed by atoms with Crippen LogP contribution in [0.1, 0.15) is 56.9 Å². The summed E-state index contributed by atoms with van der Waals surface area (Å²) in [6.07, 6.45) is 7.09. The second kappa shape index (κ2) is 24.8. The van der Waals surface area contributed by atoms with Crippen LogP contribution in [0.15, 0.2) is 24.3 Å². The SMILES string of the molecule is O=CCN(CCN(CC(=O)O)CC(=O)O)CC(Cc1ccc(NC(=O)CCCCCNC(=O)CCCCC2SCC3NC(=O)NC32)cc1)N(CC=O)CC(=O)O. The van der Waals surface area contributed by atoms with Gasteiger partial charge in [-0.3, -0.25) is 38.7 Å². The number of carboxylic acids is 3. The van der Waals surface area contributed by atoms with Gasteiger partial charge in [-0.25, -0.2) is 4.79 Å². The molecule has 0 spiro atoms. The van der Waals surface area contributed by atoms with Gasteiger partial charge in [0.05, 0.1) is 44.8 Å². The number of unbranched alkanes of at least 4 members (excludes halogenated alkanes) is 3. The molecule has 1 aromatic rings. The van der Waals surface area contributed by atoms with E-state index in [0.29, 0.717) is 49.3 Å². The van der Waals surface area contributed by atoms with E-state index < -0.39 is 43.6 Å². The van der Waals surface area contributed by atoms with Gasteiger partial charge in [0.2, 0.25) is 11.8 Å². The first-order valence-electron chi connectivity index (χ1n) is 18.9. The number of hydrogen-bond donors (Lipinski definition) is 7. The van der Waals surface area contributed by atoms with Crippen molar-refractivity contribution in [1.29, 1.82) is 0 Å². The van der Waals surface area contributed by atoms with Crippen molar-refractivity contribution in [3.05, 3.63) is 29.8 Å². The molecular weight excluding hydrogens is 751 g/mol. The second-order valence-corrected chi connectivity index (χ2v) is 15.3. The van der Waals surface area contributed by atoms with Crippen molar-refractivity contribution in [3.8, 4) is 0 Å². The van der Waals surface area contributed by atoms with E-state index in [1.165, 1.54) is 9.80 Å². The van der Waals surface area contributed by atoms with Crippen LogP contribution in [0.4, 0.5) is 10.5 Å². The fourth-order valence-electron chi connectivity index (χ4n) is 6.86. The smallest absolute Gasteiger partial charge is 0.317 e. The number of thioether (sulfide) groups is 1. The number of rotatable bonds is 30. The fraction of sp³-hybridized carbons (Fsp3) is 0.622. The highest BCUT2D eigenvalue weighted by molar-refractivity contribution is 8.00.